The van der Waals surface area contributed by atoms with Crippen LogP contribution in [0.2, 0.25) is 5.02 Å². The third kappa shape index (κ3) is 2.80. The Hall–Kier alpha value is -2.01. The van der Waals surface area contributed by atoms with Crippen molar-refractivity contribution in [2.24, 2.45) is 18.4 Å². The molecule has 2 aliphatic carbocycles. The van der Waals surface area contributed by atoms with Gasteiger partial charge in [-0.1, -0.05) is 23.7 Å². The fraction of sp³-hybridized carbons (Fsp3) is 0.474. The van der Waals surface area contributed by atoms with Crippen LogP contribution < -0.4 is 5.32 Å². The number of amides is 1. The molecule has 2 fully saturated rings. The number of fused-ring (bicyclic) bond motifs is 1. The first-order valence-electron chi connectivity index (χ1n) is 8.67. The molecule has 2 saturated carbocycles. The van der Waals surface area contributed by atoms with Crippen LogP contribution in [-0.2, 0) is 11.8 Å². The molecule has 132 valence electrons. The van der Waals surface area contributed by atoms with E-state index in [1.165, 1.54) is 0 Å². The maximum atomic E-state index is 12.8. The van der Waals surface area contributed by atoms with Crippen LogP contribution in [-0.4, -0.2) is 27.6 Å². The topological polar surface area (TPSA) is 71.3 Å². The van der Waals surface area contributed by atoms with Crippen molar-refractivity contribution in [2.75, 3.05) is 0 Å². The summed E-state index contributed by atoms with van der Waals surface area (Å²) in [6, 6.07) is 5.16. The first-order valence-corrected chi connectivity index (χ1v) is 9.05. The summed E-state index contributed by atoms with van der Waals surface area (Å²) in [6.07, 6.45) is 6.41. The van der Waals surface area contributed by atoms with E-state index in [1.807, 2.05) is 23.7 Å². The number of nitrogens with zero attached hydrogens (tertiary/aromatic N) is 1. The van der Waals surface area contributed by atoms with Gasteiger partial charge >= 0.3 is 5.97 Å². The van der Waals surface area contributed by atoms with Gasteiger partial charge in [0.15, 0.2) is 0 Å². The van der Waals surface area contributed by atoms with E-state index in [-0.39, 0.29) is 17.4 Å². The van der Waals surface area contributed by atoms with Crippen molar-refractivity contribution in [2.45, 2.75) is 38.1 Å². The average Bonchev–Trinajstić information content (AvgIpc) is 3.23. The van der Waals surface area contributed by atoms with E-state index in [2.05, 4.69) is 5.32 Å². The zero-order valence-corrected chi connectivity index (χ0v) is 14.8. The zero-order chi connectivity index (χ0) is 17.8. The van der Waals surface area contributed by atoms with E-state index < -0.39 is 11.9 Å². The number of carboxylic acids is 1. The summed E-state index contributed by atoms with van der Waals surface area (Å²) < 4.78 is 1.83. The van der Waals surface area contributed by atoms with Crippen LogP contribution >= 0.6 is 11.6 Å². The van der Waals surface area contributed by atoms with Gasteiger partial charge in [0.1, 0.15) is 0 Å². The summed E-state index contributed by atoms with van der Waals surface area (Å²) in [6.45, 7) is 0. The number of carbonyl (C=O) groups is 2. The second kappa shape index (κ2) is 5.77. The highest BCUT2D eigenvalue weighted by Crippen LogP contribution is 2.57. The Kier molecular flexibility index (Phi) is 3.80. The van der Waals surface area contributed by atoms with E-state index in [0.29, 0.717) is 17.0 Å². The number of carbonyl (C=O) groups excluding carboxylic acids is 1. The van der Waals surface area contributed by atoms with Gasteiger partial charge in [-0.25, -0.2) is 0 Å². The Balaban J connectivity index is 1.59. The van der Waals surface area contributed by atoms with Crippen LogP contribution in [0.5, 0.6) is 0 Å². The number of hydrogen-bond acceptors (Lipinski definition) is 2. The van der Waals surface area contributed by atoms with Crippen LogP contribution in [0.25, 0.3) is 10.9 Å². The van der Waals surface area contributed by atoms with Crippen molar-refractivity contribution in [1.82, 2.24) is 9.88 Å². The number of benzene rings is 1. The Morgan fingerprint density at radius 1 is 1.32 bits per heavy atom. The van der Waals surface area contributed by atoms with Gasteiger partial charge < -0.3 is 15.0 Å². The summed E-state index contributed by atoms with van der Waals surface area (Å²) in [4.78, 5) is 24.5. The molecule has 0 aliphatic heterocycles. The summed E-state index contributed by atoms with van der Waals surface area (Å²) in [7, 11) is 1.85. The largest absolute Gasteiger partial charge is 0.481 e. The maximum Gasteiger partial charge on any atom is 0.308 e. The highest BCUT2D eigenvalue weighted by atomic mass is 35.5. The van der Waals surface area contributed by atoms with Gasteiger partial charge in [0.2, 0.25) is 0 Å². The lowest BCUT2D eigenvalue weighted by Gasteiger charge is -2.34. The monoisotopic (exact) mass is 360 g/mol. The first kappa shape index (κ1) is 16.5. The Morgan fingerprint density at radius 3 is 2.76 bits per heavy atom. The molecule has 0 unspecified atom stereocenters. The van der Waals surface area contributed by atoms with Crippen LogP contribution in [0.15, 0.2) is 24.4 Å². The number of para-hydroxylation sites is 1. The second-order valence-corrected chi connectivity index (χ2v) is 7.96. The van der Waals surface area contributed by atoms with Crippen molar-refractivity contribution in [1.29, 1.82) is 0 Å². The van der Waals surface area contributed by atoms with Gasteiger partial charge in [-0.2, -0.15) is 0 Å². The van der Waals surface area contributed by atoms with E-state index in [9.17, 15) is 14.7 Å². The molecule has 1 amide bonds. The van der Waals surface area contributed by atoms with E-state index in [0.717, 1.165) is 36.6 Å². The second-order valence-electron chi connectivity index (χ2n) is 7.56. The molecule has 1 heterocycles. The quantitative estimate of drug-likeness (QED) is 0.878. The summed E-state index contributed by atoms with van der Waals surface area (Å²) >= 11 is 6.25. The van der Waals surface area contributed by atoms with Crippen LogP contribution in [0.4, 0.5) is 0 Å². The third-order valence-corrected chi connectivity index (χ3v) is 6.22. The molecule has 0 saturated heterocycles. The van der Waals surface area contributed by atoms with Gasteiger partial charge in [-0.3, -0.25) is 9.59 Å². The van der Waals surface area contributed by atoms with Crippen molar-refractivity contribution in [3.05, 3.63) is 35.0 Å². The van der Waals surface area contributed by atoms with E-state index >= 15 is 0 Å². The highest BCUT2D eigenvalue weighted by molar-refractivity contribution is 6.35. The molecule has 2 N–H and O–H groups in total. The molecule has 2 aromatic rings. The average molecular weight is 361 g/mol. The predicted octanol–water partition coefficient (Wildman–Crippen LogP) is 3.60. The number of hydrogen-bond donors (Lipinski definition) is 2. The lowest BCUT2D eigenvalue weighted by molar-refractivity contribution is -0.144. The van der Waals surface area contributed by atoms with Crippen LogP contribution in [0.3, 0.4) is 0 Å². The molecule has 6 heteroatoms. The predicted molar refractivity (Wildman–Crippen MR) is 95.8 cm³/mol. The van der Waals surface area contributed by atoms with Gasteiger partial charge in [0, 0.05) is 24.7 Å². The lowest BCUT2D eigenvalue weighted by atomic mass is 9.75. The van der Waals surface area contributed by atoms with Crippen molar-refractivity contribution < 1.29 is 14.7 Å². The molecule has 1 aromatic heterocycles. The van der Waals surface area contributed by atoms with Gasteiger partial charge in [0.25, 0.3) is 5.91 Å². The smallest absolute Gasteiger partial charge is 0.308 e. The standard InChI is InChI=1S/C19H21ClN2O3/c1-22-10-13(11-3-2-4-14(20)16(11)22)17(23)21-15-5-6-19(7-8-19)9-12(15)18(24)25/h2-4,10,12,15H,5-9H2,1H3,(H,21,23)(H,24,25)/t12-,15+/m0/s1. The fourth-order valence-corrected chi connectivity index (χ4v) is 4.59. The number of aromatic nitrogens is 1. The number of halogens is 1. The Bertz CT molecular complexity index is 869. The van der Waals surface area contributed by atoms with Crippen LogP contribution in [0.1, 0.15) is 42.5 Å². The molecule has 5 nitrogen and oxygen atoms in total. The summed E-state index contributed by atoms with van der Waals surface area (Å²) in [5.41, 5.74) is 1.58. The molecule has 25 heavy (non-hydrogen) atoms. The van der Waals surface area contributed by atoms with Gasteiger partial charge in [-0.15, -0.1) is 0 Å². The number of carboxylic acid groups (broad SMARTS) is 1. The fourth-order valence-electron chi connectivity index (χ4n) is 4.28. The molecular formula is C19H21ClN2O3. The molecule has 1 aromatic carbocycles. The SMILES string of the molecule is Cn1cc(C(=O)N[C@@H]2CCC3(CC3)C[C@@H]2C(=O)O)c2cccc(Cl)c21. The third-order valence-electron chi connectivity index (χ3n) is 5.91. The molecule has 2 aliphatic rings. The van der Waals surface area contributed by atoms with Crippen LogP contribution in [0, 0.1) is 11.3 Å². The molecule has 2 atom stereocenters. The summed E-state index contributed by atoms with van der Waals surface area (Å²) in [5, 5.41) is 14.0. The zero-order valence-electron chi connectivity index (χ0n) is 14.1. The molecular weight excluding hydrogens is 340 g/mol. The molecule has 0 bridgehead atoms. The number of nitrogens with one attached hydrogen (secondary N) is 1. The highest BCUT2D eigenvalue weighted by Gasteiger charge is 2.50. The number of rotatable bonds is 3. The van der Waals surface area contributed by atoms with Crippen molar-refractivity contribution in [3.8, 4) is 0 Å². The van der Waals surface area contributed by atoms with E-state index in [4.69, 9.17) is 11.6 Å². The Labute approximate surface area is 151 Å². The van der Waals surface area contributed by atoms with Crippen molar-refractivity contribution >= 4 is 34.4 Å². The minimum absolute atomic E-state index is 0.226. The normalized spacial score (nSPS) is 24.4. The van der Waals surface area contributed by atoms with E-state index in [1.54, 1.807) is 12.3 Å². The van der Waals surface area contributed by atoms with Gasteiger partial charge in [0.05, 0.1) is 22.0 Å². The van der Waals surface area contributed by atoms with Gasteiger partial charge in [-0.05, 0) is 43.6 Å². The number of aryl methyl sites for hydroxylation is 1. The molecule has 0 radical (unpaired) electrons. The lowest BCUT2D eigenvalue weighted by Crippen LogP contribution is -2.47. The molecule has 1 spiro atoms. The number of aliphatic carboxylic acids is 1. The maximum absolute atomic E-state index is 12.8. The minimum Gasteiger partial charge on any atom is -0.481 e. The summed E-state index contributed by atoms with van der Waals surface area (Å²) in [5.74, 6) is -1.54. The Morgan fingerprint density at radius 2 is 2.08 bits per heavy atom. The van der Waals surface area contributed by atoms with Crippen molar-refractivity contribution in [3.63, 3.8) is 0 Å². The molecule has 4 rings (SSSR count). The minimum atomic E-state index is -0.808. The first-order chi connectivity index (χ1) is 11.9.